The summed E-state index contributed by atoms with van der Waals surface area (Å²) in [7, 11) is 1.58. The maximum Gasteiger partial charge on any atom is 0.332 e. The van der Waals surface area contributed by atoms with Crippen LogP contribution in [0.25, 0.3) is 10.8 Å². The molecule has 0 aliphatic rings. The van der Waals surface area contributed by atoms with Gasteiger partial charge in [-0.05, 0) is 56.6 Å². The van der Waals surface area contributed by atoms with E-state index in [-0.39, 0.29) is 0 Å². The zero-order valence-corrected chi connectivity index (χ0v) is 16.8. The number of nitrogens with two attached hydrogens (primary N) is 1. The number of carbonyl (C=O) groups excluding carboxylic acids is 1. The van der Waals surface area contributed by atoms with E-state index in [1.54, 1.807) is 13.2 Å². The van der Waals surface area contributed by atoms with E-state index in [4.69, 9.17) is 15.2 Å². The van der Waals surface area contributed by atoms with Gasteiger partial charge < -0.3 is 15.2 Å². The van der Waals surface area contributed by atoms with Crippen molar-refractivity contribution in [3.8, 4) is 11.5 Å². The van der Waals surface area contributed by atoms with Gasteiger partial charge in [0.25, 0.3) is 0 Å². The first-order valence-electron chi connectivity index (χ1n) is 8.14. The van der Waals surface area contributed by atoms with Gasteiger partial charge >= 0.3 is 6.03 Å². The SMILES string of the molecule is COc1cc(/C=N\NC(N)=O)cc(I)c1OCc1cccc2ccccc12. The second-order valence-electron chi connectivity index (χ2n) is 5.70. The molecule has 0 aromatic heterocycles. The van der Waals surface area contributed by atoms with Crippen LogP contribution in [-0.2, 0) is 6.61 Å². The molecule has 3 aromatic carbocycles. The van der Waals surface area contributed by atoms with E-state index in [0.29, 0.717) is 18.1 Å². The number of hydrogen-bond acceptors (Lipinski definition) is 4. The van der Waals surface area contributed by atoms with Crippen molar-refractivity contribution >= 4 is 45.6 Å². The molecule has 0 unspecified atom stereocenters. The molecule has 0 aliphatic heterocycles. The summed E-state index contributed by atoms with van der Waals surface area (Å²) in [5.74, 6) is 1.24. The minimum atomic E-state index is -0.719. The number of methoxy groups -OCH3 is 1. The topological polar surface area (TPSA) is 85.9 Å². The van der Waals surface area contributed by atoms with Crippen LogP contribution < -0.4 is 20.6 Å². The number of carbonyl (C=O) groups is 1. The van der Waals surface area contributed by atoms with Crippen LogP contribution in [0.2, 0.25) is 0 Å². The number of ether oxygens (including phenoxy) is 2. The summed E-state index contributed by atoms with van der Waals surface area (Å²) >= 11 is 2.18. The summed E-state index contributed by atoms with van der Waals surface area (Å²) in [6.45, 7) is 0.421. The van der Waals surface area contributed by atoms with E-state index in [1.807, 2.05) is 24.3 Å². The average molecular weight is 475 g/mol. The van der Waals surface area contributed by atoms with E-state index in [1.165, 1.54) is 11.6 Å². The molecule has 0 spiro atoms. The summed E-state index contributed by atoms with van der Waals surface area (Å²) < 4.78 is 12.4. The summed E-state index contributed by atoms with van der Waals surface area (Å²) in [5.41, 5.74) is 9.01. The van der Waals surface area contributed by atoms with Crippen molar-refractivity contribution in [3.63, 3.8) is 0 Å². The molecular weight excluding hydrogens is 457 g/mol. The maximum atomic E-state index is 10.7. The van der Waals surface area contributed by atoms with E-state index in [9.17, 15) is 4.79 Å². The van der Waals surface area contributed by atoms with Gasteiger partial charge in [0.05, 0.1) is 16.9 Å². The molecule has 0 saturated heterocycles. The van der Waals surface area contributed by atoms with Crippen LogP contribution in [0.1, 0.15) is 11.1 Å². The number of primary amides is 1. The standard InChI is InChI=1S/C20H18IN3O3/c1-26-18-10-13(11-23-24-20(22)25)9-17(21)19(18)27-12-15-7-4-6-14-5-2-3-8-16(14)15/h2-11H,12H2,1H3,(H3,22,24,25)/b23-11-. The predicted molar refractivity (Wildman–Crippen MR) is 114 cm³/mol. The van der Waals surface area contributed by atoms with Gasteiger partial charge in [0.2, 0.25) is 0 Å². The normalized spacial score (nSPS) is 10.9. The molecule has 3 rings (SSSR count). The second-order valence-corrected chi connectivity index (χ2v) is 6.86. The Morgan fingerprint density at radius 2 is 2.00 bits per heavy atom. The number of nitrogens with one attached hydrogen (secondary N) is 1. The van der Waals surface area contributed by atoms with Gasteiger partial charge in [0.1, 0.15) is 6.61 Å². The Hall–Kier alpha value is -2.81. The van der Waals surface area contributed by atoms with Crippen molar-refractivity contribution in [2.24, 2.45) is 10.8 Å². The summed E-state index contributed by atoms with van der Waals surface area (Å²) in [6, 6.07) is 17.3. The van der Waals surface area contributed by atoms with E-state index >= 15 is 0 Å². The molecule has 0 atom stereocenters. The van der Waals surface area contributed by atoms with Gasteiger partial charge in [-0.2, -0.15) is 5.10 Å². The molecule has 3 N–H and O–H groups in total. The van der Waals surface area contributed by atoms with Crippen LogP contribution in [0.15, 0.2) is 59.7 Å². The fourth-order valence-electron chi connectivity index (χ4n) is 2.69. The zero-order valence-electron chi connectivity index (χ0n) is 14.6. The zero-order chi connectivity index (χ0) is 19.2. The Kier molecular flexibility index (Phi) is 6.12. The van der Waals surface area contributed by atoms with Crippen molar-refractivity contribution in [1.82, 2.24) is 5.43 Å². The second kappa shape index (κ2) is 8.72. The summed E-state index contributed by atoms with van der Waals surface area (Å²) in [6.07, 6.45) is 1.49. The average Bonchev–Trinajstić information content (AvgIpc) is 2.66. The first kappa shape index (κ1) is 19.0. The molecular formula is C20H18IN3O3. The number of nitrogens with zero attached hydrogens (tertiary/aromatic N) is 1. The highest BCUT2D eigenvalue weighted by molar-refractivity contribution is 14.1. The Balaban J connectivity index is 1.84. The van der Waals surface area contributed by atoms with Gasteiger partial charge in [-0.15, -0.1) is 0 Å². The molecule has 0 aliphatic carbocycles. The minimum Gasteiger partial charge on any atom is -0.493 e. The minimum absolute atomic E-state index is 0.421. The highest BCUT2D eigenvalue weighted by Gasteiger charge is 2.12. The lowest BCUT2D eigenvalue weighted by Crippen LogP contribution is -2.24. The molecule has 3 aromatic rings. The molecule has 0 heterocycles. The Morgan fingerprint density at radius 3 is 2.78 bits per heavy atom. The largest absolute Gasteiger partial charge is 0.493 e. The third kappa shape index (κ3) is 4.68. The molecule has 138 valence electrons. The van der Waals surface area contributed by atoms with Crippen LogP contribution >= 0.6 is 22.6 Å². The Morgan fingerprint density at radius 1 is 1.22 bits per heavy atom. The maximum absolute atomic E-state index is 10.7. The molecule has 0 bridgehead atoms. The highest BCUT2D eigenvalue weighted by atomic mass is 127. The highest BCUT2D eigenvalue weighted by Crippen LogP contribution is 2.34. The quantitative estimate of drug-likeness (QED) is 0.321. The first-order valence-corrected chi connectivity index (χ1v) is 9.22. The molecule has 7 heteroatoms. The van der Waals surface area contributed by atoms with Crippen LogP contribution in [-0.4, -0.2) is 19.4 Å². The fourth-order valence-corrected chi connectivity index (χ4v) is 3.47. The summed E-state index contributed by atoms with van der Waals surface area (Å²) in [5, 5.41) is 6.10. The monoisotopic (exact) mass is 475 g/mol. The Bertz CT molecular complexity index is 1000. The third-order valence-corrected chi connectivity index (χ3v) is 4.69. The number of amides is 2. The summed E-state index contributed by atoms with van der Waals surface area (Å²) in [4.78, 5) is 10.7. The van der Waals surface area contributed by atoms with Crippen molar-refractivity contribution in [1.29, 1.82) is 0 Å². The molecule has 2 amide bonds. The van der Waals surface area contributed by atoms with E-state index in [2.05, 4.69) is 57.4 Å². The number of fused-ring (bicyclic) bond motifs is 1. The van der Waals surface area contributed by atoms with E-state index in [0.717, 1.165) is 20.1 Å². The number of benzene rings is 3. The van der Waals surface area contributed by atoms with Crippen LogP contribution in [0.4, 0.5) is 4.79 Å². The predicted octanol–water partition coefficient (Wildman–Crippen LogP) is 4.03. The van der Waals surface area contributed by atoms with E-state index < -0.39 is 6.03 Å². The number of halogens is 1. The van der Waals surface area contributed by atoms with Crippen LogP contribution in [0, 0.1) is 3.57 Å². The molecule has 27 heavy (non-hydrogen) atoms. The molecule has 0 radical (unpaired) electrons. The third-order valence-electron chi connectivity index (χ3n) is 3.89. The Labute approximate surface area is 170 Å². The van der Waals surface area contributed by atoms with Gasteiger partial charge in [-0.25, -0.2) is 10.2 Å². The lowest BCUT2D eigenvalue weighted by atomic mass is 10.1. The first-order chi connectivity index (χ1) is 13.1. The lowest BCUT2D eigenvalue weighted by Gasteiger charge is -2.14. The molecule has 0 saturated carbocycles. The fraction of sp³-hybridized carbons (Fsp3) is 0.100. The smallest absolute Gasteiger partial charge is 0.332 e. The van der Waals surface area contributed by atoms with Crippen LogP contribution in [0.5, 0.6) is 11.5 Å². The number of hydrogen-bond donors (Lipinski definition) is 2. The van der Waals surface area contributed by atoms with Gasteiger partial charge in [0.15, 0.2) is 11.5 Å². The molecule has 0 fully saturated rings. The van der Waals surface area contributed by atoms with Crippen LogP contribution in [0.3, 0.4) is 0 Å². The number of hydrazone groups is 1. The van der Waals surface area contributed by atoms with Gasteiger partial charge in [-0.1, -0.05) is 42.5 Å². The van der Waals surface area contributed by atoms with Gasteiger partial charge in [0, 0.05) is 0 Å². The number of urea groups is 1. The van der Waals surface area contributed by atoms with Crippen molar-refractivity contribution in [2.45, 2.75) is 6.61 Å². The van der Waals surface area contributed by atoms with Crippen molar-refractivity contribution in [2.75, 3.05) is 7.11 Å². The molecule has 6 nitrogen and oxygen atoms in total. The number of rotatable bonds is 6. The lowest BCUT2D eigenvalue weighted by molar-refractivity contribution is 0.249. The van der Waals surface area contributed by atoms with Crippen molar-refractivity contribution in [3.05, 3.63) is 69.3 Å². The van der Waals surface area contributed by atoms with Gasteiger partial charge in [-0.3, -0.25) is 0 Å². The van der Waals surface area contributed by atoms with Crippen molar-refractivity contribution < 1.29 is 14.3 Å².